The first-order valence-corrected chi connectivity index (χ1v) is 6.73. The summed E-state index contributed by atoms with van der Waals surface area (Å²) in [5, 5.41) is 3.33. The molecule has 1 fully saturated rings. The topological polar surface area (TPSA) is 43.4 Å². The highest BCUT2D eigenvalue weighted by Crippen LogP contribution is 2.23. The van der Waals surface area contributed by atoms with Gasteiger partial charge < -0.3 is 14.8 Å². The molecule has 0 spiro atoms. The molecule has 1 N–H and O–H groups in total. The van der Waals surface area contributed by atoms with Crippen molar-refractivity contribution >= 4 is 5.82 Å². The lowest BCUT2D eigenvalue weighted by atomic mass is 10.1. The maximum Gasteiger partial charge on any atom is 0.168 e. The van der Waals surface area contributed by atoms with Gasteiger partial charge in [0.05, 0.1) is 12.2 Å². The zero-order chi connectivity index (χ0) is 12.8. The summed E-state index contributed by atoms with van der Waals surface area (Å²) >= 11 is 0. The summed E-state index contributed by atoms with van der Waals surface area (Å²) in [6, 6.07) is 3.83. The highest BCUT2D eigenvalue weighted by atomic mass is 16.5. The Kier molecular flexibility index (Phi) is 4.81. The van der Waals surface area contributed by atoms with Crippen LogP contribution in [0.15, 0.2) is 18.3 Å². The number of nitrogens with one attached hydrogen (secondary N) is 1. The quantitative estimate of drug-likeness (QED) is 0.872. The van der Waals surface area contributed by atoms with Crippen molar-refractivity contribution in [3.8, 4) is 5.75 Å². The largest absolute Gasteiger partial charge is 0.487 e. The molecule has 2 rings (SSSR count). The highest BCUT2D eigenvalue weighted by Gasteiger charge is 2.14. The molecule has 4 heteroatoms. The lowest BCUT2D eigenvalue weighted by molar-refractivity contribution is 0.0247. The smallest absolute Gasteiger partial charge is 0.168 e. The minimum atomic E-state index is 0.153. The fourth-order valence-electron chi connectivity index (χ4n) is 2.05. The molecule has 0 amide bonds. The van der Waals surface area contributed by atoms with Crippen molar-refractivity contribution in [1.29, 1.82) is 0 Å². The molecule has 1 unspecified atom stereocenters. The van der Waals surface area contributed by atoms with E-state index in [4.69, 9.17) is 9.47 Å². The van der Waals surface area contributed by atoms with Crippen LogP contribution in [-0.2, 0) is 4.74 Å². The molecule has 1 saturated heterocycles. The average molecular weight is 250 g/mol. The lowest BCUT2D eigenvalue weighted by Gasteiger charge is -2.23. The van der Waals surface area contributed by atoms with Gasteiger partial charge >= 0.3 is 0 Å². The van der Waals surface area contributed by atoms with Crippen LogP contribution in [0.2, 0.25) is 0 Å². The molecule has 1 aliphatic rings. The highest BCUT2D eigenvalue weighted by molar-refractivity contribution is 5.49. The molecule has 0 aromatic carbocycles. The van der Waals surface area contributed by atoms with Crippen LogP contribution in [0.1, 0.15) is 33.1 Å². The number of ether oxygens (including phenoxy) is 2. The van der Waals surface area contributed by atoms with E-state index in [-0.39, 0.29) is 6.10 Å². The number of hydrogen-bond acceptors (Lipinski definition) is 4. The van der Waals surface area contributed by atoms with Gasteiger partial charge in [0.25, 0.3) is 0 Å². The zero-order valence-electron chi connectivity index (χ0n) is 11.2. The van der Waals surface area contributed by atoms with Crippen LogP contribution in [0.3, 0.4) is 0 Å². The standard InChI is InChI=1S/C14H22N2O2/c1-11(2)18-13-7-5-8-15-14(13)16-10-12-6-3-4-9-17-12/h5,7-8,11-12H,3-4,6,9-10H2,1-2H3,(H,15,16). The molecule has 0 radical (unpaired) electrons. The summed E-state index contributed by atoms with van der Waals surface area (Å²) in [6.07, 6.45) is 5.79. The Hall–Kier alpha value is -1.29. The van der Waals surface area contributed by atoms with Gasteiger partial charge in [-0.15, -0.1) is 0 Å². The summed E-state index contributed by atoms with van der Waals surface area (Å²) in [6.45, 7) is 5.71. The Balaban J connectivity index is 1.91. The van der Waals surface area contributed by atoms with Crippen LogP contribution in [0, 0.1) is 0 Å². The number of anilines is 1. The van der Waals surface area contributed by atoms with Crippen molar-refractivity contribution in [3.63, 3.8) is 0 Å². The lowest BCUT2D eigenvalue weighted by Crippen LogP contribution is -2.27. The van der Waals surface area contributed by atoms with Crippen LogP contribution < -0.4 is 10.1 Å². The Morgan fingerprint density at radius 3 is 3.11 bits per heavy atom. The van der Waals surface area contributed by atoms with E-state index in [9.17, 15) is 0 Å². The number of aromatic nitrogens is 1. The molecular formula is C14H22N2O2. The molecule has 18 heavy (non-hydrogen) atoms. The van der Waals surface area contributed by atoms with Gasteiger partial charge in [0.1, 0.15) is 0 Å². The van der Waals surface area contributed by atoms with Crippen LogP contribution in [0.4, 0.5) is 5.82 Å². The normalized spacial score (nSPS) is 19.8. The second-order valence-electron chi connectivity index (χ2n) is 4.89. The minimum Gasteiger partial charge on any atom is -0.487 e. The summed E-state index contributed by atoms with van der Waals surface area (Å²) in [4.78, 5) is 4.32. The zero-order valence-corrected chi connectivity index (χ0v) is 11.2. The Morgan fingerprint density at radius 2 is 2.39 bits per heavy atom. The molecule has 1 aromatic heterocycles. The monoisotopic (exact) mass is 250 g/mol. The van der Waals surface area contributed by atoms with E-state index in [1.165, 1.54) is 12.8 Å². The van der Waals surface area contributed by atoms with Crippen LogP contribution in [0.25, 0.3) is 0 Å². The Morgan fingerprint density at radius 1 is 1.50 bits per heavy atom. The van der Waals surface area contributed by atoms with Gasteiger partial charge in [-0.1, -0.05) is 0 Å². The van der Waals surface area contributed by atoms with Gasteiger partial charge in [-0.25, -0.2) is 4.98 Å². The molecule has 1 aromatic rings. The van der Waals surface area contributed by atoms with Gasteiger partial charge in [-0.2, -0.15) is 0 Å². The molecule has 1 aliphatic heterocycles. The maximum absolute atomic E-state index is 5.72. The van der Waals surface area contributed by atoms with Gasteiger partial charge in [-0.05, 0) is 45.2 Å². The third kappa shape index (κ3) is 3.88. The first kappa shape index (κ1) is 13.1. The van der Waals surface area contributed by atoms with Crippen molar-refractivity contribution in [2.75, 3.05) is 18.5 Å². The van der Waals surface area contributed by atoms with Crippen LogP contribution in [-0.4, -0.2) is 30.3 Å². The Bertz CT molecular complexity index is 363. The number of pyridine rings is 1. The number of nitrogens with zero attached hydrogens (tertiary/aromatic N) is 1. The van der Waals surface area contributed by atoms with Crippen molar-refractivity contribution < 1.29 is 9.47 Å². The van der Waals surface area contributed by atoms with Gasteiger partial charge in [0.15, 0.2) is 11.6 Å². The third-order valence-electron chi connectivity index (χ3n) is 2.90. The molecule has 0 saturated carbocycles. The van der Waals surface area contributed by atoms with E-state index in [2.05, 4.69) is 10.3 Å². The van der Waals surface area contributed by atoms with Crippen molar-refractivity contribution in [3.05, 3.63) is 18.3 Å². The van der Waals surface area contributed by atoms with Crippen molar-refractivity contribution in [1.82, 2.24) is 4.98 Å². The van der Waals surface area contributed by atoms with Gasteiger partial charge in [0, 0.05) is 19.3 Å². The predicted molar refractivity (Wildman–Crippen MR) is 72.1 cm³/mol. The number of rotatable bonds is 5. The minimum absolute atomic E-state index is 0.153. The van der Waals surface area contributed by atoms with E-state index in [1.54, 1.807) is 6.20 Å². The van der Waals surface area contributed by atoms with E-state index in [0.717, 1.165) is 31.1 Å². The Labute approximate surface area is 109 Å². The maximum atomic E-state index is 5.72. The second kappa shape index (κ2) is 6.59. The van der Waals surface area contributed by atoms with Gasteiger partial charge in [0.2, 0.25) is 0 Å². The first-order chi connectivity index (χ1) is 8.75. The van der Waals surface area contributed by atoms with E-state index < -0.39 is 0 Å². The van der Waals surface area contributed by atoms with Crippen LogP contribution in [0.5, 0.6) is 5.75 Å². The van der Waals surface area contributed by atoms with E-state index in [1.807, 2.05) is 26.0 Å². The molecule has 4 nitrogen and oxygen atoms in total. The summed E-state index contributed by atoms with van der Waals surface area (Å²) in [5.74, 6) is 1.61. The third-order valence-corrected chi connectivity index (χ3v) is 2.90. The second-order valence-corrected chi connectivity index (χ2v) is 4.89. The summed E-state index contributed by atoms with van der Waals surface area (Å²) in [5.41, 5.74) is 0. The SMILES string of the molecule is CC(C)Oc1cccnc1NCC1CCCCO1. The fourth-order valence-corrected chi connectivity index (χ4v) is 2.05. The predicted octanol–water partition coefficient (Wildman–Crippen LogP) is 2.85. The first-order valence-electron chi connectivity index (χ1n) is 6.73. The molecule has 1 atom stereocenters. The summed E-state index contributed by atoms with van der Waals surface area (Å²) < 4.78 is 11.4. The van der Waals surface area contributed by atoms with E-state index >= 15 is 0 Å². The van der Waals surface area contributed by atoms with E-state index in [0.29, 0.717) is 6.10 Å². The van der Waals surface area contributed by atoms with Crippen molar-refractivity contribution in [2.24, 2.45) is 0 Å². The molecular weight excluding hydrogens is 228 g/mol. The molecule has 0 bridgehead atoms. The van der Waals surface area contributed by atoms with Crippen molar-refractivity contribution in [2.45, 2.75) is 45.3 Å². The molecule has 100 valence electrons. The number of hydrogen-bond donors (Lipinski definition) is 1. The van der Waals surface area contributed by atoms with Crippen LogP contribution >= 0.6 is 0 Å². The average Bonchev–Trinajstić information content (AvgIpc) is 2.38. The molecule has 2 heterocycles. The summed E-state index contributed by atoms with van der Waals surface area (Å²) in [7, 11) is 0. The van der Waals surface area contributed by atoms with Gasteiger partial charge in [-0.3, -0.25) is 0 Å². The molecule has 0 aliphatic carbocycles. The fraction of sp³-hybridized carbons (Fsp3) is 0.643.